The van der Waals surface area contributed by atoms with Gasteiger partial charge in [-0.2, -0.15) is 0 Å². The van der Waals surface area contributed by atoms with Crippen LogP contribution in [0, 0.1) is 13.8 Å². The van der Waals surface area contributed by atoms with Crippen LogP contribution < -0.4 is 10.6 Å². The number of carbonyl (C=O) groups excluding carboxylic acids is 1. The maximum absolute atomic E-state index is 12.3. The molecule has 0 saturated heterocycles. The molecule has 6 heteroatoms. The Bertz CT molecular complexity index is 910. The maximum atomic E-state index is 12.3. The summed E-state index contributed by atoms with van der Waals surface area (Å²) < 4.78 is 0. The Morgan fingerprint density at radius 2 is 1.76 bits per heavy atom. The molecule has 0 aliphatic carbocycles. The minimum absolute atomic E-state index is 0.285. The predicted octanol–water partition coefficient (Wildman–Crippen LogP) is 4.74. The standard InChI is InChI=1S/C19H17ClN4O/c1-12-5-3-6-15(9-12)23-19-21-10-14(11-22-19)18(25)24-17-8-4-7-16(20)13(17)2/h3-11H,1-2H3,(H,24,25)(H,21,22,23). The summed E-state index contributed by atoms with van der Waals surface area (Å²) in [6.07, 6.45) is 2.97. The Hall–Kier alpha value is -2.92. The van der Waals surface area contributed by atoms with Gasteiger partial charge in [-0.3, -0.25) is 4.79 Å². The molecule has 1 amide bonds. The lowest BCUT2D eigenvalue weighted by atomic mass is 10.2. The van der Waals surface area contributed by atoms with Gasteiger partial charge in [-0.25, -0.2) is 9.97 Å². The van der Waals surface area contributed by atoms with Crippen molar-refractivity contribution in [3.8, 4) is 0 Å². The molecule has 25 heavy (non-hydrogen) atoms. The van der Waals surface area contributed by atoms with Crippen LogP contribution in [0.25, 0.3) is 0 Å². The molecule has 0 bridgehead atoms. The first-order valence-electron chi connectivity index (χ1n) is 7.75. The number of hydrogen-bond donors (Lipinski definition) is 2. The van der Waals surface area contributed by atoms with E-state index in [1.807, 2.05) is 38.1 Å². The van der Waals surface area contributed by atoms with Gasteiger partial charge in [0.25, 0.3) is 5.91 Å². The van der Waals surface area contributed by atoms with Crippen molar-refractivity contribution < 1.29 is 4.79 Å². The number of aryl methyl sites for hydroxylation is 1. The topological polar surface area (TPSA) is 66.9 Å². The molecular weight excluding hydrogens is 336 g/mol. The zero-order chi connectivity index (χ0) is 17.8. The number of anilines is 3. The van der Waals surface area contributed by atoms with Crippen LogP contribution in [0.15, 0.2) is 54.9 Å². The van der Waals surface area contributed by atoms with Crippen LogP contribution in [0.1, 0.15) is 21.5 Å². The highest BCUT2D eigenvalue weighted by Crippen LogP contribution is 2.23. The van der Waals surface area contributed by atoms with Gasteiger partial charge in [0.05, 0.1) is 5.56 Å². The van der Waals surface area contributed by atoms with Crippen LogP contribution in [0.3, 0.4) is 0 Å². The Morgan fingerprint density at radius 3 is 2.48 bits per heavy atom. The van der Waals surface area contributed by atoms with Gasteiger partial charge in [0.15, 0.2) is 0 Å². The van der Waals surface area contributed by atoms with E-state index in [4.69, 9.17) is 11.6 Å². The van der Waals surface area contributed by atoms with Crippen molar-refractivity contribution in [3.63, 3.8) is 0 Å². The van der Waals surface area contributed by atoms with E-state index in [1.165, 1.54) is 12.4 Å². The number of aromatic nitrogens is 2. The highest BCUT2D eigenvalue weighted by molar-refractivity contribution is 6.31. The number of nitrogens with zero attached hydrogens (tertiary/aromatic N) is 2. The lowest BCUT2D eigenvalue weighted by molar-refractivity contribution is 0.102. The fraction of sp³-hybridized carbons (Fsp3) is 0.105. The average Bonchev–Trinajstić information content (AvgIpc) is 2.59. The van der Waals surface area contributed by atoms with Gasteiger partial charge < -0.3 is 10.6 Å². The molecule has 0 aliphatic rings. The number of benzene rings is 2. The minimum atomic E-state index is -0.285. The zero-order valence-electron chi connectivity index (χ0n) is 13.9. The van der Waals surface area contributed by atoms with Crippen LogP contribution in [0.4, 0.5) is 17.3 Å². The van der Waals surface area contributed by atoms with Gasteiger partial charge in [-0.05, 0) is 49.2 Å². The smallest absolute Gasteiger partial charge is 0.258 e. The van der Waals surface area contributed by atoms with Crippen LogP contribution in [-0.4, -0.2) is 15.9 Å². The lowest BCUT2D eigenvalue weighted by Crippen LogP contribution is -2.14. The van der Waals surface area contributed by atoms with E-state index in [0.717, 1.165) is 16.8 Å². The summed E-state index contributed by atoms with van der Waals surface area (Å²) in [6.45, 7) is 3.86. The van der Waals surface area contributed by atoms with Crippen molar-refractivity contribution in [1.29, 1.82) is 0 Å². The fourth-order valence-corrected chi connectivity index (χ4v) is 2.47. The van der Waals surface area contributed by atoms with Gasteiger partial charge in [0.1, 0.15) is 0 Å². The molecule has 126 valence electrons. The van der Waals surface area contributed by atoms with Crippen molar-refractivity contribution in [2.45, 2.75) is 13.8 Å². The monoisotopic (exact) mass is 352 g/mol. The van der Waals surface area contributed by atoms with Crippen LogP contribution in [-0.2, 0) is 0 Å². The third-order valence-corrected chi connectivity index (χ3v) is 4.11. The average molecular weight is 353 g/mol. The zero-order valence-corrected chi connectivity index (χ0v) is 14.6. The van der Waals surface area contributed by atoms with Gasteiger partial charge in [0, 0.05) is 28.8 Å². The summed E-state index contributed by atoms with van der Waals surface area (Å²) in [5, 5.41) is 6.53. The molecule has 0 radical (unpaired) electrons. The second-order valence-electron chi connectivity index (χ2n) is 5.66. The normalized spacial score (nSPS) is 10.4. The molecule has 5 nitrogen and oxygen atoms in total. The summed E-state index contributed by atoms with van der Waals surface area (Å²) >= 11 is 6.07. The Kier molecular flexibility index (Phi) is 4.95. The highest BCUT2D eigenvalue weighted by atomic mass is 35.5. The first-order valence-corrected chi connectivity index (χ1v) is 8.13. The first kappa shape index (κ1) is 16.9. The number of nitrogens with one attached hydrogen (secondary N) is 2. The van der Waals surface area contributed by atoms with Crippen molar-refractivity contribution in [2.75, 3.05) is 10.6 Å². The minimum Gasteiger partial charge on any atom is -0.324 e. The predicted molar refractivity (Wildman–Crippen MR) is 101 cm³/mol. The molecule has 3 aromatic rings. The van der Waals surface area contributed by atoms with Gasteiger partial charge >= 0.3 is 0 Å². The molecular formula is C19H17ClN4O. The summed E-state index contributed by atoms with van der Waals surface area (Å²) in [4.78, 5) is 20.7. The Balaban J connectivity index is 1.71. The maximum Gasteiger partial charge on any atom is 0.258 e. The van der Waals surface area contributed by atoms with E-state index in [-0.39, 0.29) is 5.91 Å². The molecule has 0 spiro atoms. The summed E-state index contributed by atoms with van der Waals surface area (Å²) in [5.41, 5.74) is 3.88. The summed E-state index contributed by atoms with van der Waals surface area (Å²) in [5.74, 6) is 0.147. The lowest BCUT2D eigenvalue weighted by Gasteiger charge is -2.10. The van der Waals surface area contributed by atoms with Crippen LogP contribution in [0.5, 0.6) is 0 Å². The SMILES string of the molecule is Cc1cccc(Nc2ncc(C(=O)Nc3cccc(Cl)c3C)cn2)c1. The highest BCUT2D eigenvalue weighted by Gasteiger charge is 2.10. The van der Waals surface area contributed by atoms with Gasteiger partial charge in [0.2, 0.25) is 5.95 Å². The van der Waals surface area contributed by atoms with Crippen LogP contribution >= 0.6 is 11.6 Å². The first-order chi connectivity index (χ1) is 12.0. The molecule has 1 heterocycles. The summed E-state index contributed by atoms with van der Waals surface area (Å²) in [7, 11) is 0. The van der Waals surface area contributed by atoms with E-state index < -0.39 is 0 Å². The number of hydrogen-bond acceptors (Lipinski definition) is 4. The quantitative estimate of drug-likeness (QED) is 0.711. The van der Waals surface area contributed by atoms with E-state index in [0.29, 0.717) is 22.2 Å². The van der Waals surface area contributed by atoms with Crippen molar-refractivity contribution in [2.24, 2.45) is 0 Å². The number of amides is 1. The molecule has 0 atom stereocenters. The fourth-order valence-electron chi connectivity index (χ4n) is 2.30. The molecule has 1 aromatic heterocycles. The van der Waals surface area contributed by atoms with E-state index >= 15 is 0 Å². The molecule has 2 N–H and O–H groups in total. The molecule has 0 unspecified atom stereocenters. The molecule has 0 aliphatic heterocycles. The van der Waals surface area contributed by atoms with Crippen molar-refractivity contribution in [1.82, 2.24) is 9.97 Å². The van der Waals surface area contributed by atoms with Gasteiger partial charge in [-0.1, -0.05) is 29.8 Å². The van der Waals surface area contributed by atoms with E-state index in [9.17, 15) is 4.79 Å². The van der Waals surface area contributed by atoms with Crippen LogP contribution in [0.2, 0.25) is 5.02 Å². The summed E-state index contributed by atoms with van der Waals surface area (Å²) in [6, 6.07) is 13.3. The van der Waals surface area contributed by atoms with E-state index in [1.54, 1.807) is 18.2 Å². The third kappa shape index (κ3) is 4.14. The van der Waals surface area contributed by atoms with E-state index in [2.05, 4.69) is 20.6 Å². The number of carbonyl (C=O) groups is 1. The third-order valence-electron chi connectivity index (χ3n) is 3.70. The number of rotatable bonds is 4. The molecule has 2 aromatic carbocycles. The van der Waals surface area contributed by atoms with Gasteiger partial charge in [-0.15, -0.1) is 0 Å². The Labute approximate surface area is 151 Å². The molecule has 0 fully saturated rings. The van der Waals surface area contributed by atoms with Crippen molar-refractivity contribution in [3.05, 3.63) is 76.6 Å². The largest absolute Gasteiger partial charge is 0.324 e. The van der Waals surface area contributed by atoms with Crippen molar-refractivity contribution >= 4 is 34.8 Å². The molecule has 0 saturated carbocycles. The molecule has 3 rings (SSSR count). The second-order valence-corrected chi connectivity index (χ2v) is 6.06. The second kappa shape index (κ2) is 7.32. The Morgan fingerprint density at radius 1 is 1.04 bits per heavy atom. The number of halogens is 1.